The zero-order valence-corrected chi connectivity index (χ0v) is 14.6. The van der Waals surface area contributed by atoms with Gasteiger partial charge in [-0.2, -0.15) is 0 Å². The van der Waals surface area contributed by atoms with E-state index in [2.05, 4.69) is 39.6 Å². The number of hydrogen-bond acceptors (Lipinski definition) is 5. The highest BCUT2D eigenvalue weighted by molar-refractivity contribution is 5.74. The van der Waals surface area contributed by atoms with Crippen molar-refractivity contribution in [2.45, 2.75) is 31.9 Å². The fourth-order valence-electron chi connectivity index (χ4n) is 4.61. The number of rotatable bonds is 2. The Morgan fingerprint density at radius 2 is 2.32 bits per heavy atom. The summed E-state index contributed by atoms with van der Waals surface area (Å²) in [5.74, 6) is 0.581. The van der Waals surface area contributed by atoms with Crippen LogP contribution in [0, 0.1) is 6.92 Å². The summed E-state index contributed by atoms with van der Waals surface area (Å²) >= 11 is 0. The van der Waals surface area contributed by atoms with Crippen molar-refractivity contribution >= 4 is 17.1 Å². The van der Waals surface area contributed by atoms with Crippen molar-refractivity contribution in [2.75, 3.05) is 36.5 Å². The number of benzene rings is 1. The van der Waals surface area contributed by atoms with Crippen molar-refractivity contribution in [1.82, 2.24) is 10.3 Å². The zero-order chi connectivity index (χ0) is 16.8. The van der Waals surface area contributed by atoms with Crippen LogP contribution in [0.2, 0.25) is 0 Å². The number of pyridine rings is 1. The molecule has 0 amide bonds. The third kappa shape index (κ3) is 2.50. The summed E-state index contributed by atoms with van der Waals surface area (Å²) < 4.78 is 5.89. The summed E-state index contributed by atoms with van der Waals surface area (Å²) in [4.78, 5) is 6.87. The second-order valence-corrected chi connectivity index (χ2v) is 7.30. The van der Waals surface area contributed by atoms with E-state index >= 15 is 0 Å². The van der Waals surface area contributed by atoms with Crippen LogP contribution in [-0.2, 0) is 11.3 Å². The minimum Gasteiger partial charge on any atom is -0.375 e. The van der Waals surface area contributed by atoms with E-state index in [0.717, 1.165) is 37.6 Å². The molecule has 0 aliphatic carbocycles. The van der Waals surface area contributed by atoms with E-state index in [4.69, 9.17) is 4.74 Å². The maximum absolute atomic E-state index is 5.89. The highest BCUT2D eigenvalue weighted by Crippen LogP contribution is 2.47. The van der Waals surface area contributed by atoms with Crippen molar-refractivity contribution in [3.63, 3.8) is 0 Å². The van der Waals surface area contributed by atoms with E-state index in [1.807, 2.05) is 18.5 Å². The molecule has 0 saturated carbocycles. The highest BCUT2D eigenvalue weighted by Gasteiger charge is 2.41. The van der Waals surface area contributed by atoms with Gasteiger partial charge in [0.15, 0.2) is 0 Å². The first-order valence-corrected chi connectivity index (χ1v) is 9.21. The molecule has 3 aliphatic heterocycles. The molecule has 25 heavy (non-hydrogen) atoms. The van der Waals surface area contributed by atoms with Crippen LogP contribution >= 0.6 is 0 Å². The number of nitrogens with zero attached hydrogens (tertiary/aromatic N) is 2. The number of anilines is 3. The third-order valence-corrected chi connectivity index (χ3v) is 5.80. The van der Waals surface area contributed by atoms with Crippen LogP contribution in [0.25, 0.3) is 0 Å². The molecule has 130 valence electrons. The van der Waals surface area contributed by atoms with Crippen LogP contribution < -0.4 is 15.5 Å². The number of nitrogens with one attached hydrogen (secondary N) is 2. The fraction of sp³-hybridized carbons (Fsp3) is 0.450. The Morgan fingerprint density at radius 3 is 3.24 bits per heavy atom. The Labute approximate surface area is 148 Å². The molecule has 5 rings (SSSR count). The van der Waals surface area contributed by atoms with Gasteiger partial charge in [-0.1, -0.05) is 0 Å². The summed E-state index contributed by atoms with van der Waals surface area (Å²) in [7, 11) is 0. The molecule has 5 heteroatoms. The molecule has 1 fully saturated rings. The molecule has 0 bridgehead atoms. The Morgan fingerprint density at radius 1 is 1.36 bits per heavy atom. The lowest BCUT2D eigenvalue weighted by Gasteiger charge is -2.33. The van der Waals surface area contributed by atoms with Gasteiger partial charge >= 0.3 is 0 Å². The van der Waals surface area contributed by atoms with Crippen molar-refractivity contribution < 1.29 is 4.74 Å². The average Bonchev–Trinajstić information content (AvgIpc) is 2.80. The Bertz CT molecular complexity index is 806. The largest absolute Gasteiger partial charge is 0.375 e. The van der Waals surface area contributed by atoms with Crippen LogP contribution in [0.15, 0.2) is 30.6 Å². The molecule has 0 radical (unpaired) electrons. The normalized spacial score (nSPS) is 24.4. The van der Waals surface area contributed by atoms with E-state index in [1.54, 1.807) is 0 Å². The smallest absolute Gasteiger partial charge is 0.0738 e. The Hall–Kier alpha value is -2.11. The van der Waals surface area contributed by atoms with Gasteiger partial charge in [0.1, 0.15) is 0 Å². The molecule has 0 spiro atoms. The minimum atomic E-state index is 0.581. The van der Waals surface area contributed by atoms with Crippen LogP contribution in [-0.4, -0.2) is 37.3 Å². The lowest BCUT2D eigenvalue weighted by Crippen LogP contribution is -2.44. The molecule has 2 unspecified atom stereocenters. The fourth-order valence-corrected chi connectivity index (χ4v) is 4.61. The summed E-state index contributed by atoms with van der Waals surface area (Å²) in [6.07, 6.45) is 4.94. The van der Waals surface area contributed by atoms with Gasteiger partial charge in [-0.3, -0.25) is 4.98 Å². The third-order valence-electron chi connectivity index (χ3n) is 5.80. The first kappa shape index (κ1) is 15.2. The van der Waals surface area contributed by atoms with E-state index in [9.17, 15) is 0 Å². The lowest BCUT2D eigenvalue weighted by molar-refractivity contribution is 0.130. The van der Waals surface area contributed by atoms with Gasteiger partial charge in [-0.05, 0) is 49.2 Å². The van der Waals surface area contributed by atoms with Gasteiger partial charge in [-0.25, -0.2) is 0 Å². The number of aromatic nitrogens is 1. The number of ether oxygens (including phenoxy) is 1. The van der Waals surface area contributed by atoms with Gasteiger partial charge in [0, 0.05) is 48.2 Å². The van der Waals surface area contributed by atoms with E-state index in [-0.39, 0.29) is 0 Å². The van der Waals surface area contributed by atoms with Gasteiger partial charge in [0.2, 0.25) is 0 Å². The predicted octanol–water partition coefficient (Wildman–Crippen LogP) is 2.93. The maximum Gasteiger partial charge on any atom is 0.0738 e. The SMILES string of the molecule is Cc1ccncc1Nc1cc2c3c(c1)C1CNCCC1N3CCOC2. The number of hydrogen-bond donors (Lipinski definition) is 2. The quantitative estimate of drug-likeness (QED) is 0.883. The average molecular weight is 336 g/mol. The Balaban J connectivity index is 1.58. The summed E-state index contributed by atoms with van der Waals surface area (Å²) in [6.45, 7) is 6.82. The standard InChI is InChI=1S/C20H24N4O/c1-13-2-4-22-11-18(13)23-15-8-14-12-25-7-6-24-19-3-5-21-10-17(19)16(9-15)20(14)24/h2,4,8-9,11,17,19,21,23H,3,5-7,10,12H2,1H3. The van der Waals surface area contributed by atoms with Crippen LogP contribution in [0.5, 0.6) is 0 Å². The van der Waals surface area contributed by atoms with Crippen LogP contribution in [0.3, 0.4) is 0 Å². The van der Waals surface area contributed by atoms with E-state index in [1.165, 1.54) is 28.8 Å². The van der Waals surface area contributed by atoms with Crippen molar-refractivity contribution in [3.05, 3.63) is 47.3 Å². The first-order chi connectivity index (χ1) is 12.3. The number of fused-ring (bicyclic) bond motifs is 3. The topological polar surface area (TPSA) is 49.4 Å². The molecular formula is C20H24N4O. The molecule has 2 atom stereocenters. The molecule has 1 saturated heterocycles. The zero-order valence-electron chi connectivity index (χ0n) is 14.6. The lowest BCUT2D eigenvalue weighted by atomic mass is 9.89. The molecule has 3 aliphatic rings. The summed E-state index contributed by atoms with van der Waals surface area (Å²) in [5.41, 5.74) is 7.64. The van der Waals surface area contributed by atoms with Crippen LogP contribution in [0.4, 0.5) is 17.1 Å². The van der Waals surface area contributed by atoms with Gasteiger partial charge in [0.25, 0.3) is 0 Å². The predicted molar refractivity (Wildman–Crippen MR) is 99.7 cm³/mol. The summed E-state index contributed by atoms with van der Waals surface area (Å²) in [5, 5.41) is 7.16. The highest BCUT2D eigenvalue weighted by atomic mass is 16.5. The van der Waals surface area contributed by atoms with Gasteiger partial charge in [0.05, 0.1) is 25.1 Å². The van der Waals surface area contributed by atoms with Crippen LogP contribution in [0.1, 0.15) is 29.0 Å². The monoisotopic (exact) mass is 336 g/mol. The van der Waals surface area contributed by atoms with Crippen molar-refractivity contribution in [1.29, 1.82) is 0 Å². The van der Waals surface area contributed by atoms with Gasteiger partial charge < -0.3 is 20.3 Å². The first-order valence-electron chi connectivity index (χ1n) is 9.21. The number of aryl methyl sites for hydroxylation is 1. The molecule has 1 aromatic heterocycles. The molecule has 4 heterocycles. The van der Waals surface area contributed by atoms with Crippen molar-refractivity contribution in [2.24, 2.45) is 0 Å². The van der Waals surface area contributed by atoms with E-state index < -0.39 is 0 Å². The Kier molecular flexibility index (Phi) is 3.64. The number of piperidine rings is 1. The summed E-state index contributed by atoms with van der Waals surface area (Å²) in [6, 6.07) is 7.26. The maximum atomic E-state index is 5.89. The molecule has 2 N–H and O–H groups in total. The molecular weight excluding hydrogens is 312 g/mol. The molecule has 2 aromatic rings. The minimum absolute atomic E-state index is 0.581. The van der Waals surface area contributed by atoms with Gasteiger partial charge in [-0.15, -0.1) is 0 Å². The second kappa shape index (κ2) is 6.00. The molecule has 1 aromatic carbocycles. The second-order valence-electron chi connectivity index (χ2n) is 7.30. The van der Waals surface area contributed by atoms with Crippen molar-refractivity contribution in [3.8, 4) is 0 Å². The molecule has 5 nitrogen and oxygen atoms in total. The van der Waals surface area contributed by atoms with E-state index in [0.29, 0.717) is 18.6 Å².